The zero-order chi connectivity index (χ0) is 16.5. The largest absolute Gasteiger partial charge is 0.484 e. The van der Waals surface area contributed by atoms with Gasteiger partial charge in [-0.05, 0) is 18.2 Å². The molecule has 0 atom stereocenters. The molecule has 1 N–H and O–H groups in total. The number of esters is 2. The highest BCUT2D eigenvalue weighted by atomic mass is 16.5. The molecule has 22 heavy (non-hydrogen) atoms. The Kier molecular flexibility index (Phi) is 6.44. The smallest absolute Gasteiger partial charge is 0.338 e. The van der Waals surface area contributed by atoms with Crippen LogP contribution in [0.25, 0.3) is 0 Å². The molecule has 1 aromatic carbocycles. The SMILES string of the molecule is C#CCNC(=O)COc1cc(C(=O)OC)cc(C(=O)OC)c1. The minimum Gasteiger partial charge on any atom is -0.484 e. The summed E-state index contributed by atoms with van der Waals surface area (Å²) in [6, 6.07) is 4.02. The minimum absolute atomic E-state index is 0.0812. The third-order valence-corrected chi connectivity index (χ3v) is 2.51. The fourth-order valence-corrected chi connectivity index (χ4v) is 1.50. The highest BCUT2D eigenvalue weighted by Gasteiger charge is 2.15. The number of hydrogen-bond donors (Lipinski definition) is 1. The summed E-state index contributed by atoms with van der Waals surface area (Å²) in [5.41, 5.74) is 0.203. The van der Waals surface area contributed by atoms with Crippen molar-refractivity contribution in [2.24, 2.45) is 0 Å². The molecule has 0 unspecified atom stereocenters. The van der Waals surface area contributed by atoms with Crippen molar-refractivity contribution in [1.82, 2.24) is 5.32 Å². The van der Waals surface area contributed by atoms with Gasteiger partial charge in [0.1, 0.15) is 5.75 Å². The summed E-state index contributed by atoms with van der Waals surface area (Å²) in [6.45, 7) is -0.231. The van der Waals surface area contributed by atoms with Crippen LogP contribution in [0.1, 0.15) is 20.7 Å². The third-order valence-electron chi connectivity index (χ3n) is 2.51. The lowest BCUT2D eigenvalue weighted by molar-refractivity contribution is -0.122. The average molecular weight is 305 g/mol. The molecule has 0 spiro atoms. The van der Waals surface area contributed by atoms with Crippen LogP contribution in [-0.2, 0) is 14.3 Å². The molecule has 116 valence electrons. The quantitative estimate of drug-likeness (QED) is 0.604. The molecule has 0 aliphatic heterocycles. The molecule has 0 fully saturated rings. The van der Waals surface area contributed by atoms with Crippen LogP contribution in [0.15, 0.2) is 18.2 Å². The standard InChI is InChI=1S/C15H15NO6/c1-4-5-16-13(17)9-22-12-7-10(14(18)20-2)6-11(8-12)15(19)21-3/h1,6-8H,5,9H2,2-3H3,(H,16,17). The number of hydrogen-bond acceptors (Lipinski definition) is 6. The van der Waals surface area contributed by atoms with Crippen molar-refractivity contribution in [3.8, 4) is 18.1 Å². The van der Waals surface area contributed by atoms with E-state index in [2.05, 4.69) is 20.7 Å². The van der Waals surface area contributed by atoms with Crippen LogP contribution in [-0.4, -0.2) is 45.2 Å². The molecule has 1 rings (SSSR count). The maximum absolute atomic E-state index is 11.6. The van der Waals surface area contributed by atoms with Crippen LogP contribution >= 0.6 is 0 Å². The summed E-state index contributed by atoms with van der Waals surface area (Å²) in [6.07, 6.45) is 5.01. The summed E-state index contributed by atoms with van der Waals surface area (Å²) < 4.78 is 14.4. The summed E-state index contributed by atoms with van der Waals surface area (Å²) >= 11 is 0. The number of nitrogens with one attached hydrogen (secondary N) is 1. The first kappa shape index (κ1) is 17.0. The number of carbonyl (C=O) groups excluding carboxylic acids is 3. The third kappa shape index (κ3) is 4.83. The predicted octanol–water partition coefficient (Wildman–Crippen LogP) is 0.388. The molecule has 0 saturated carbocycles. The van der Waals surface area contributed by atoms with Gasteiger partial charge in [-0.3, -0.25) is 4.79 Å². The molecule has 1 amide bonds. The van der Waals surface area contributed by atoms with Gasteiger partial charge >= 0.3 is 11.9 Å². The van der Waals surface area contributed by atoms with Gasteiger partial charge in [0.05, 0.1) is 31.9 Å². The van der Waals surface area contributed by atoms with Gasteiger partial charge < -0.3 is 19.5 Å². The summed E-state index contributed by atoms with van der Waals surface area (Å²) in [5, 5.41) is 2.42. The molecule has 0 saturated heterocycles. The first-order chi connectivity index (χ1) is 10.5. The van der Waals surface area contributed by atoms with E-state index in [1.807, 2.05) is 0 Å². The Morgan fingerprint density at radius 1 is 1.09 bits per heavy atom. The Labute approximate surface area is 127 Å². The van der Waals surface area contributed by atoms with Crippen molar-refractivity contribution in [2.45, 2.75) is 0 Å². The highest BCUT2D eigenvalue weighted by molar-refractivity contribution is 5.96. The first-order valence-electron chi connectivity index (χ1n) is 6.16. The lowest BCUT2D eigenvalue weighted by Crippen LogP contribution is -2.29. The van der Waals surface area contributed by atoms with Crippen molar-refractivity contribution < 1.29 is 28.6 Å². The zero-order valence-electron chi connectivity index (χ0n) is 12.2. The van der Waals surface area contributed by atoms with E-state index in [1.54, 1.807) is 0 Å². The summed E-state index contributed by atoms with van der Waals surface area (Å²) in [7, 11) is 2.42. The van der Waals surface area contributed by atoms with Gasteiger partial charge in [0.2, 0.25) is 0 Å². The van der Waals surface area contributed by atoms with E-state index in [0.717, 1.165) is 0 Å². The number of methoxy groups -OCH3 is 2. The van der Waals surface area contributed by atoms with Gasteiger partial charge in [0.25, 0.3) is 5.91 Å². The van der Waals surface area contributed by atoms with E-state index in [1.165, 1.54) is 32.4 Å². The maximum atomic E-state index is 11.6. The van der Waals surface area contributed by atoms with Crippen LogP contribution < -0.4 is 10.1 Å². The molecule has 0 bridgehead atoms. The molecule has 0 aromatic heterocycles. The van der Waals surface area contributed by atoms with Crippen LogP contribution in [0, 0.1) is 12.3 Å². The van der Waals surface area contributed by atoms with E-state index >= 15 is 0 Å². The average Bonchev–Trinajstić information content (AvgIpc) is 2.56. The second-order valence-corrected chi connectivity index (χ2v) is 4.00. The summed E-state index contributed by atoms with van der Waals surface area (Å²) in [4.78, 5) is 34.6. The maximum Gasteiger partial charge on any atom is 0.338 e. The van der Waals surface area contributed by atoms with Gasteiger partial charge in [-0.1, -0.05) is 5.92 Å². The molecule has 7 heteroatoms. The monoisotopic (exact) mass is 305 g/mol. The van der Waals surface area contributed by atoms with Crippen LogP contribution in [0.4, 0.5) is 0 Å². The Morgan fingerprint density at radius 2 is 1.64 bits per heavy atom. The van der Waals surface area contributed by atoms with Gasteiger partial charge in [0.15, 0.2) is 6.61 Å². The fourth-order valence-electron chi connectivity index (χ4n) is 1.50. The van der Waals surface area contributed by atoms with Crippen molar-refractivity contribution in [3.63, 3.8) is 0 Å². The summed E-state index contributed by atoms with van der Waals surface area (Å²) in [5.74, 6) is 0.681. The van der Waals surface area contributed by atoms with Gasteiger partial charge in [0, 0.05) is 0 Å². The number of terminal acetylenes is 1. The zero-order valence-corrected chi connectivity index (χ0v) is 12.2. The Morgan fingerprint density at radius 3 is 2.09 bits per heavy atom. The fraction of sp³-hybridized carbons (Fsp3) is 0.267. The second-order valence-electron chi connectivity index (χ2n) is 4.00. The molecule has 0 aliphatic rings. The second kappa shape index (κ2) is 8.32. The molecule has 7 nitrogen and oxygen atoms in total. The molecule has 1 aromatic rings. The Bertz CT molecular complexity index is 583. The van der Waals surface area contributed by atoms with Crippen molar-refractivity contribution in [3.05, 3.63) is 29.3 Å². The van der Waals surface area contributed by atoms with Crippen molar-refractivity contribution >= 4 is 17.8 Å². The minimum atomic E-state index is -0.646. The lowest BCUT2D eigenvalue weighted by Gasteiger charge is -2.09. The van der Waals surface area contributed by atoms with Crippen molar-refractivity contribution in [1.29, 1.82) is 0 Å². The predicted molar refractivity (Wildman–Crippen MR) is 76.5 cm³/mol. The van der Waals surface area contributed by atoms with E-state index in [-0.39, 0.29) is 30.0 Å². The topological polar surface area (TPSA) is 90.9 Å². The number of benzene rings is 1. The van der Waals surface area contributed by atoms with E-state index in [9.17, 15) is 14.4 Å². The van der Waals surface area contributed by atoms with E-state index in [4.69, 9.17) is 11.2 Å². The Balaban J connectivity index is 2.93. The highest BCUT2D eigenvalue weighted by Crippen LogP contribution is 2.19. The number of ether oxygens (including phenoxy) is 3. The van der Waals surface area contributed by atoms with Crippen molar-refractivity contribution in [2.75, 3.05) is 27.4 Å². The molecule has 0 aliphatic carbocycles. The number of rotatable bonds is 6. The first-order valence-corrected chi connectivity index (χ1v) is 6.16. The number of carbonyl (C=O) groups is 3. The molecule has 0 heterocycles. The van der Waals surface area contributed by atoms with E-state index < -0.39 is 17.8 Å². The lowest BCUT2D eigenvalue weighted by atomic mass is 10.1. The molecular weight excluding hydrogens is 290 g/mol. The van der Waals surface area contributed by atoms with Gasteiger partial charge in [-0.25, -0.2) is 9.59 Å². The van der Waals surface area contributed by atoms with Crippen LogP contribution in [0.2, 0.25) is 0 Å². The van der Waals surface area contributed by atoms with Gasteiger partial charge in [-0.2, -0.15) is 0 Å². The molecule has 0 radical (unpaired) electrons. The number of amides is 1. The van der Waals surface area contributed by atoms with Gasteiger partial charge in [-0.15, -0.1) is 6.42 Å². The Hall–Kier alpha value is -3.01. The van der Waals surface area contributed by atoms with Crippen LogP contribution in [0.5, 0.6) is 5.75 Å². The molecular formula is C15H15NO6. The van der Waals surface area contributed by atoms with E-state index in [0.29, 0.717) is 0 Å². The normalized spacial score (nSPS) is 9.32. The van der Waals surface area contributed by atoms with Crippen LogP contribution in [0.3, 0.4) is 0 Å².